The maximum atomic E-state index is 12.0. The summed E-state index contributed by atoms with van der Waals surface area (Å²) < 4.78 is 12.2. The van der Waals surface area contributed by atoms with Crippen molar-refractivity contribution in [3.8, 4) is 11.8 Å². The van der Waals surface area contributed by atoms with Crippen molar-refractivity contribution in [3.63, 3.8) is 0 Å². The van der Waals surface area contributed by atoms with Gasteiger partial charge in [-0.05, 0) is 40.7 Å². The molecule has 118 valence electrons. The maximum absolute atomic E-state index is 12.0. The predicted molar refractivity (Wildman–Crippen MR) is 80.3 cm³/mol. The number of hydrogen-bond acceptors (Lipinski definition) is 6. The lowest BCUT2D eigenvalue weighted by Gasteiger charge is -2.13. The van der Waals surface area contributed by atoms with Gasteiger partial charge in [0.2, 0.25) is 5.88 Å². The summed E-state index contributed by atoms with van der Waals surface area (Å²) >= 11 is 0. The van der Waals surface area contributed by atoms with Gasteiger partial charge in [0, 0.05) is 5.69 Å². The van der Waals surface area contributed by atoms with Crippen molar-refractivity contribution in [2.75, 3.05) is 6.61 Å². The number of aryl methyl sites for hydroxylation is 2. The number of esters is 1. The molecule has 0 aliphatic heterocycles. The predicted octanol–water partition coefficient (Wildman–Crippen LogP) is 2.24. The van der Waals surface area contributed by atoms with Gasteiger partial charge in [-0.25, -0.2) is 14.5 Å². The largest absolute Gasteiger partial charge is 0.474 e. The van der Waals surface area contributed by atoms with E-state index in [0.717, 1.165) is 11.4 Å². The Morgan fingerprint density at radius 2 is 2.09 bits per heavy atom. The zero-order chi connectivity index (χ0) is 16.3. The molecule has 0 N–H and O–H groups in total. The van der Waals surface area contributed by atoms with Crippen molar-refractivity contribution >= 4 is 5.97 Å². The molecule has 0 radical (unpaired) electrons. The van der Waals surface area contributed by atoms with Crippen LogP contribution in [0.4, 0.5) is 0 Å². The van der Waals surface area contributed by atoms with Crippen molar-refractivity contribution in [1.29, 1.82) is 0 Å². The molecule has 22 heavy (non-hydrogen) atoms. The Balaban J connectivity index is 2.47. The quantitative estimate of drug-likeness (QED) is 0.788. The van der Waals surface area contributed by atoms with E-state index in [-0.39, 0.29) is 24.2 Å². The van der Waals surface area contributed by atoms with Crippen LogP contribution >= 0.6 is 0 Å². The van der Waals surface area contributed by atoms with Crippen molar-refractivity contribution in [3.05, 3.63) is 29.2 Å². The van der Waals surface area contributed by atoms with Crippen LogP contribution in [0, 0.1) is 13.8 Å². The first-order valence-electron chi connectivity index (χ1n) is 7.16. The molecule has 0 spiro atoms. The van der Waals surface area contributed by atoms with Gasteiger partial charge in [-0.2, -0.15) is 10.1 Å². The normalized spacial score (nSPS) is 10.8. The average molecular weight is 304 g/mol. The first kappa shape index (κ1) is 15.9. The average Bonchev–Trinajstić information content (AvgIpc) is 2.77. The van der Waals surface area contributed by atoms with Gasteiger partial charge in [-0.15, -0.1) is 0 Å². The number of carbonyl (C=O) groups excluding carboxylic acids is 1. The SMILES string of the molecule is CCOC(=O)c1cnc(-n2nc(C)cc2C)nc1OC(C)C. The zero-order valence-corrected chi connectivity index (χ0v) is 13.5. The Morgan fingerprint density at radius 1 is 1.36 bits per heavy atom. The molecule has 0 aromatic carbocycles. The van der Waals surface area contributed by atoms with Crippen LogP contribution in [0.1, 0.15) is 42.5 Å². The number of ether oxygens (including phenoxy) is 2. The van der Waals surface area contributed by atoms with Crippen LogP contribution in [0.25, 0.3) is 5.95 Å². The van der Waals surface area contributed by atoms with E-state index >= 15 is 0 Å². The number of aromatic nitrogens is 4. The second kappa shape index (κ2) is 6.55. The molecule has 7 nitrogen and oxygen atoms in total. The van der Waals surface area contributed by atoms with Gasteiger partial charge in [-0.3, -0.25) is 0 Å². The third-order valence-electron chi connectivity index (χ3n) is 2.78. The van der Waals surface area contributed by atoms with Crippen LogP contribution in [-0.4, -0.2) is 38.4 Å². The summed E-state index contributed by atoms with van der Waals surface area (Å²) in [4.78, 5) is 20.5. The highest BCUT2D eigenvalue weighted by Crippen LogP contribution is 2.19. The van der Waals surface area contributed by atoms with Crippen molar-refractivity contribution < 1.29 is 14.3 Å². The van der Waals surface area contributed by atoms with E-state index in [1.807, 2.05) is 33.8 Å². The van der Waals surface area contributed by atoms with Crippen molar-refractivity contribution in [1.82, 2.24) is 19.7 Å². The lowest BCUT2D eigenvalue weighted by molar-refractivity contribution is 0.0518. The summed E-state index contributed by atoms with van der Waals surface area (Å²) in [5.41, 5.74) is 1.97. The summed E-state index contributed by atoms with van der Waals surface area (Å²) in [5.74, 6) is 0.0540. The van der Waals surface area contributed by atoms with Crippen LogP contribution in [0.3, 0.4) is 0 Å². The number of nitrogens with zero attached hydrogens (tertiary/aromatic N) is 4. The minimum atomic E-state index is -0.502. The van der Waals surface area contributed by atoms with Crippen molar-refractivity contribution in [2.24, 2.45) is 0 Å². The van der Waals surface area contributed by atoms with Gasteiger partial charge in [0.05, 0.1) is 24.6 Å². The summed E-state index contributed by atoms with van der Waals surface area (Å²) in [5, 5.41) is 4.33. The van der Waals surface area contributed by atoms with E-state index < -0.39 is 5.97 Å². The van der Waals surface area contributed by atoms with E-state index in [9.17, 15) is 4.79 Å². The van der Waals surface area contributed by atoms with E-state index in [4.69, 9.17) is 9.47 Å². The molecule has 0 fully saturated rings. The van der Waals surface area contributed by atoms with Crippen LogP contribution in [0.5, 0.6) is 5.88 Å². The molecular formula is C15H20N4O3. The topological polar surface area (TPSA) is 79.1 Å². The highest BCUT2D eigenvalue weighted by atomic mass is 16.5. The van der Waals surface area contributed by atoms with Gasteiger partial charge in [0.1, 0.15) is 5.56 Å². The lowest BCUT2D eigenvalue weighted by Crippen LogP contribution is -2.16. The summed E-state index contributed by atoms with van der Waals surface area (Å²) in [6.07, 6.45) is 1.28. The van der Waals surface area contributed by atoms with Gasteiger partial charge >= 0.3 is 5.97 Å². The summed E-state index contributed by atoms with van der Waals surface area (Å²) in [6.45, 7) is 9.54. The fourth-order valence-electron chi connectivity index (χ4n) is 1.95. The van der Waals surface area contributed by atoms with Crippen LogP contribution < -0.4 is 4.74 Å². The first-order chi connectivity index (χ1) is 10.4. The minimum absolute atomic E-state index is 0.128. The molecule has 2 rings (SSSR count). The van der Waals surface area contributed by atoms with E-state index in [0.29, 0.717) is 5.95 Å². The Bertz CT molecular complexity index is 679. The maximum Gasteiger partial charge on any atom is 0.345 e. The van der Waals surface area contributed by atoms with E-state index in [1.54, 1.807) is 11.6 Å². The molecule has 0 amide bonds. The smallest absolute Gasteiger partial charge is 0.345 e. The molecule has 0 bridgehead atoms. The third-order valence-corrected chi connectivity index (χ3v) is 2.78. The van der Waals surface area contributed by atoms with E-state index in [2.05, 4.69) is 15.1 Å². The second-order valence-corrected chi connectivity index (χ2v) is 5.11. The Morgan fingerprint density at radius 3 is 2.64 bits per heavy atom. The van der Waals surface area contributed by atoms with E-state index in [1.165, 1.54) is 6.20 Å². The Labute approximate surface area is 129 Å². The molecule has 0 aliphatic rings. The summed E-state index contributed by atoms with van der Waals surface area (Å²) in [7, 11) is 0. The van der Waals surface area contributed by atoms with Crippen molar-refractivity contribution in [2.45, 2.75) is 40.7 Å². The molecule has 0 saturated heterocycles. The number of rotatable bonds is 5. The van der Waals surface area contributed by atoms with Gasteiger partial charge in [-0.1, -0.05) is 0 Å². The molecule has 0 atom stereocenters. The first-order valence-corrected chi connectivity index (χ1v) is 7.16. The van der Waals surface area contributed by atoms with Crippen LogP contribution in [0.2, 0.25) is 0 Å². The molecule has 2 heterocycles. The molecule has 7 heteroatoms. The molecule has 0 unspecified atom stereocenters. The molecule has 0 aliphatic carbocycles. The van der Waals surface area contributed by atoms with Crippen LogP contribution in [0.15, 0.2) is 12.3 Å². The highest BCUT2D eigenvalue weighted by molar-refractivity contribution is 5.91. The number of carbonyl (C=O) groups is 1. The minimum Gasteiger partial charge on any atom is -0.474 e. The monoisotopic (exact) mass is 304 g/mol. The van der Waals surface area contributed by atoms with Gasteiger partial charge in [0.15, 0.2) is 0 Å². The van der Waals surface area contributed by atoms with Gasteiger partial charge in [0.25, 0.3) is 5.95 Å². The fourth-order valence-corrected chi connectivity index (χ4v) is 1.95. The fraction of sp³-hybridized carbons (Fsp3) is 0.467. The van der Waals surface area contributed by atoms with Crippen LogP contribution in [-0.2, 0) is 4.74 Å². The zero-order valence-electron chi connectivity index (χ0n) is 13.5. The second-order valence-electron chi connectivity index (χ2n) is 5.11. The third kappa shape index (κ3) is 3.41. The lowest BCUT2D eigenvalue weighted by atomic mass is 10.3. The standard InChI is InChI=1S/C15H20N4O3/c1-6-21-14(20)12-8-16-15(17-13(12)22-9(2)3)19-11(5)7-10(4)18-19/h7-9H,6H2,1-5H3. The molecule has 2 aromatic heterocycles. The Kier molecular flexibility index (Phi) is 4.75. The Hall–Kier alpha value is -2.44. The highest BCUT2D eigenvalue weighted by Gasteiger charge is 2.19. The number of hydrogen-bond donors (Lipinski definition) is 0. The summed E-state index contributed by atoms with van der Waals surface area (Å²) in [6, 6.07) is 1.92. The molecule has 0 saturated carbocycles. The van der Waals surface area contributed by atoms with Gasteiger partial charge < -0.3 is 9.47 Å². The molecular weight excluding hydrogens is 284 g/mol. The molecule has 2 aromatic rings.